The molecule has 0 unspecified atom stereocenters. The van der Waals surface area contributed by atoms with Crippen molar-refractivity contribution in [3.05, 3.63) is 52.1 Å². The maximum atomic E-state index is 12.2. The van der Waals surface area contributed by atoms with E-state index in [0.29, 0.717) is 5.65 Å². The van der Waals surface area contributed by atoms with Crippen molar-refractivity contribution < 1.29 is 8.42 Å². The second-order valence-corrected chi connectivity index (χ2v) is 8.68. The molecule has 0 radical (unpaired) electrons. The highest BCUT2D eigenvalue weighted by Crippen LogP contribution is 2.26. The van der Waals surface area contributed by atoms with E-state index in [1.165, 1.54) is 11.3 Å². The average Bonchev–Trinajstić information content (AvgIpc) is 2.93. The lowest BCUT2D eigenvalue weighted by Gasteiger charge is -2.07. The molecule has 0 amide bonds. The molecule has 0 aliphatic carbocycles. The zero-order valence-corrected chi connectivity index (χ0v) is 13.9. The van der Waals surface area contributed by atoms with Crippen LogP contribution in [0.2, 0.25) is 0 Å². The van der Waals surface area contributed by atoms with Gasteiger partial charge in [0.1, 0.15) is 4.21 Å². The van der Waals surface area contributed by atoms with Crippen LogP contribution in [0.4, 0.5) is 0 Å². The molecule has 0 atom stereocenters. The van der Waals surface area contributed by atoms with E-state index in [-0.39, 0.29) is 10.8 Å². The molecule has 21 heavy (non-hydrogen) atoms. The topological polar surface area (TPSA) is 72.0 Å². The Labute approximate surface area is 134 Å². The van der Waals surface area contributed by atoms with Crippen LogP contribution in [0.3, 0.4) is 0 Å². The molecule has 0 saturated carbocycles. The second kappa shape index (κ2) is 5.80. The van der Waals surface area contributed by atoms with Gasteiger partial charge in [-0.25, -0.2) is 23.1 Å². The first kappa shape index (κ1) is 14.6. The number of pyridine rings is 2. The van der Waals surface area contributed by atoms with Gasteiger partial charge in [0.15, 0.2) is 5.65 Å². The van der Waals surface area contributed by atoms with Gasteiger partial charge in [0, 0.05) is 24.3 Å². The predicted octanol–water partition coefficient (Wildman–Crippen LogP) is 2.93. The summed E-state index contributed by atoms with van der Waals surface area (Å²) >= 11 is 4.44. The Bertz CT molecular complexity index is 888. The van der Waals surface area contributed by atoms with Crippen LogP contribution in [0, 0.1) is 0 Å². The summed E-state index contributed by atoms with van der Waals surface area (Å²) in [7, 11) is -3.51. The van der Waals surface area contributed by atoms with Crippen molar-refractivity contribution in [2.45, 2.75) is 10.8 Å². The molecule has 108 valence electrons. The summed E-state index contributed by atoms with van der Waals surface area (Å²) in [5, 5.41) is 0.843. The van der Waals surface area contributed by atoms with Gasteiger partial charge in [0.05, 0.1) is 3.79 Å². The first-order chi connectivity index (χ1) is 10.1. The molecule has 0 aliphatic rings. The third-order valence-corrected chi connectivity index (χ3v) is 6.39. The second-order valence-electron chi connectivity index (χ2n) is 4.23. The van der Waals surface area contributed by atoms with E-state index in [9.17, 15) is 8.42 Å². The SMILES string of the molecule is O=S(=O)(NCc1ccnc2ncccc12)c1ccc(Br)s1. The van der Waals surface area contributed by atoms with Crippen LogP contribution in [0.15, 0.2) is 50.7 Å². The van der Waals surface area contributed by atoms with Gasteiger partial charge in [-0.3, -0.25) is 0 Å². The maximum Gasteiger partial charge on any atom is 0.250 e. The number of halogens is 1. The average molecular weight is 384 g/mol. The van der Waals surface area contributed by atoms with Crippen LogP contribution >= 0.6 is 27.3 Å². The highest BCUT2D eigenvalue weighted by atomic mass is 79.9. The van der Waals surface area contributed by atoms with Gasteiger partial charge in [-0.15, -0.1) is 11.3 Å². The number of fused-ring (bicyclic) bond motifs is 1. The van der Waals surface area contributed by atoms with Crippen LogP contribution in [0.25, 0.3) is 11.0 Å². The van der Waals surface area contributed by atoms with Crippen LogP contribution in [0.1, 0.15) is 5.56 Å². The maximum absolute atomic E-state index is 12.2. The fourth-order valence-electron chi connectivity index (χ4n) is 1.88. The van der Waals surface area contributed by atoms with Crippen molar-refractivity contribution in [3.63, 3.8) is 0 Å². The Hall–Kier alpha value is -1.35. The lowest BCUT2D eigenvalue weighted by Crippen LogP contribution is -2.22. The first-order valence-corrected chi connectivity index (χ1v) is 9.09. The molecular weight excluding hydrogens is 374 g/mol. The van der Waals surface area contributed by atoms with E-state index < -0.39 is 10.0 Å². The minimum absolute atomic E-state index is 0.197. The Morgan fingerprint density at radius 3 is 2.71 bits per heavy atom. The highest BCUT2D eigenvalue weighted by molar-refractivity contribution is 9.11. The molecule has 3 aromatic rings. The molecule has 3 heterocycles. The summed E-state index contributed by atoms with van der Waals surface area (Å²) < 4.78 is 28.1. The first-order valence-electron chi connectivity index (χ1n) is 6.00. The van der Waals surface area contributed by atoms with Gasteiger partial charge in [-0.05, 0) is 51.8 Å². The van der Waals surface area contributed by atoms with E-state index in [1.54, 1.807) is 36.7 Å². The number of thiophene rings is 1. The number of rotatable bonds is 4. The molecule has 1 N–H and O–H groups in total. The number of nitrogens with one attached hydrogen (secondary N) is 1. The molecular formula is C13H10BrN3O2S2. The van der Waals surface area contributed by atoms with Crippen molar-refractivity contribution in [1.29, 1.82) is 0 Å². The summed E-state index contributed by atoms with van der Waals surface area (Å²) in [4.78, 5) is 8.31. The fraction of sp³-hybridized carbons (Fsp3) is 0.0769. The van der Waals surface area contributed by atoms with E-state index in [0.717, 1.165) is 14.7 Å². The van der Waals surface area contributed by atoms with E-state index in [1.807, 2.05) is 6.07 Å². The molecule has 0 fully saturated rings. The molecule has 8 heteroatoms. The van der Waals surface area contributed by atoms with Crippen molar-refractivity contribution in [2.75, 3.05) is 0 Å². The van der Waals surface area contributed by atoms with Gasteiger partial charge in [0.2, 0.25) is 10.0 Å². The van der Waals surface area contributed by atoms with Gasteiger partial charge in [-0.1, -0.05) is 0 Å². The normalized spacial score (nSPS) is 11.9. The van der Waals surface area contributed by atoms with Crippen molar-refractivity contribution >= 4 is 48.3 Å². The van der Waals surface area contributed by atoms with Crippen LogP contribution in [0.5, 0.6) is 0 Å². The third kappa shape index (κ3) is 3.13. The van der Waals surface area contributed by atoms with Crippen molar-refractivity contribution in [1.82, 2.24) is 14.7 Å². The van der Waals surface area contributed by atoms with E-state index >= 15 is 0 Å². The Balaban J connectivity index is 1.87. The summed E-state index contributed by atoms with van der Waals surface area (Å²) in [6.45, 7) is 0.197. The quantitative estimate of drug-likeness (QED) is 0.751. The highest BCUT2D eigenvalue weighted by Gasteiger charge is 2.16. The zero-order chi connectivity index (χ0) is 14.9. The molecule has 0 spiro atoms. The van der Waals surface area contributed by atoms with Crippen LogP contribution in [-0.4, -0.2) is 18.4 Å². The largest absolute Gasteiger partial charge is 0.250 e. The Kier molecular flexibility index (Phi) is 4.03. The smallest absolute Gasteiger partial charge is 0.237 e. The molecule has 0 bridgehead atoms. The van der Waals surface area contributed by atoms with E-state index in [2.05, 4.69) is 30.6 Å². The van der Waals surface area contributed by atoms with Crippen molar-refractivity contribution in [2.24, 2.45) is 0 Å². The molecule has 5 nitrogen and oxygen atoms in total. The summed E-state index contributed by atoms with van der Waals surface area (Å²) in [5.41, 5.74) is 1.44. The molecule has 0 aromatic carbocycles. The molecule has 3 aromatic heterocycles. The standard InChI is InChI=1S/C13H10BrN3O2S2/c14-11-3-4-12(20-11)21(18,19)17-8-9-5-7-16-13-10(9)2-1-6-15-13/h1-7,17H,8H2. The number of nitrogens with zero attached hydrogens (tertiary/aromatic N) is 2. The summed E-state index contributed by atoms with van der Waals surface area (Å²) in [6, 6.07) is 8.75. The molecule has 3 rings (SSSR count). The minimum atomic E-state index is -3.51. The monoisotopic (exact) mass is 383 g/mol. The van der Waals surface area contributed by atoms with Crippen molar-refractivity contribution in [3.8, 4) is 0 Å². The van der Waals surface area contributed by atoms with Crippen LogP contribution < -0.4 is 4.72 Å². The third-order valence-electron chi connectivity index (χ3n) is 2.87. The van der Waals surface area contributed by atoms with E-state index in [4.69, 9.17) is 0 Å². The number of hydrogen-bond acceptors (Lipinski definition) is 5. The summed E-state index contributed by atoms with van der Waals surface area (Å²) in [5.74, 6) is 0. The Morgan fingerprint density at radius 2 is 1.95 bits per heavy atom. The number of aromatic nitrogens is 2. The minimum Gasteiger partial charge on any atom is -0.237 e. The number of sulfonamides is 1. The molecule has 0 aliphatic heterocycles. The van der Waals surface area contributed by atoms with Gasteiger partial charge in [0.25, 0.3) is 0 Å². The van der Waals surface area contributed by atoms with Crippen LogP contribution in [-0.2, 0) is 16.6 Å². The van der Waals surface area contributed by atoms with Gasteiger partial charge in [-0.2, -0.15) is 0 Å². The van der Waals surface area contributed by atoms with Gasteiger partial charge >= 0.3 is 0 Å². The fourth-order valence-corrected chi connectivity index (χ4v) is 4.94. The predicted molar refractivity (Wildman–Crippen MR) is 85.6 cm³/mol. The van der Waals surface area contributed by atoms with Gasteiger partial charge < -0.3 is 0 Å². The number of hydrogen-bond donors (Lipinski definition) is 1. The molecule has 0 saturated heterocycles. The summed E-state index contributed by atoms with van der Waals surface area (Å²) in [6.07, 6.45) is 3.28. The lowest BCUT2D eigenvalue weighted by atomic mass is 10.1. The Morgan fingerprint density at radius 1 is 1.14 bits per heavy atom. The zero-order valence-electron chi connectivity index (χ0n) is 10.7. The lowest BCUT2D eigenvalue weighted by molar-refractivity contribution is 0.583.